The zero-order valence-electron chi connectivity index (χ0n) is 15.2. The maximum atomic E-state index is 13.3. The van der Waals surface area contributed by atoms with E-state index in [0.29, 0.717) is 0 Å². The number of fused-ring (bicyclic) bond motifs is 4. The van der Waals surface area contributed by atoms with Gasteiger partial charge in [0.2, 0.25) is 17.7 Å². The topological polar surface area (TPSA) is 200 Å². The Morgan fingerprint density at radius 2 is 2.03 bits per heavy atom. The Kier molecular flexibility index (Phi) is 3.97. The Bertz CT molecular complexity index is 1290. The van der Waals surface area contributed by atoms with Crippen molar-refractivity contribution in [2.45, 2.75) is 12.3 Å². The number of rotatable bonds is 3. The first-order valence-electron chi connectivity index (χ1n) is 8.54. The van der Waals surface area contributed by atoms with Gasteiger partial charge in [0.15, 0.2) is 0 Å². The summed E-state index contributed by atoms with van der Waals surface area (Å²) in [5.41, 5.74) is 0.290. The molecule has 13 nitrogen and oxygen atoms in total. The molecule has 1 aromatic heterocycles. The average molecular weight is 415 g/mol. The summed E-state index contributed by atoms with van der Waals surface area (Å²) in [5.74, 6) is -3.03. The van der Waals surface area contributed by atoms with Crippen LogP contribution in [-0.2, 0) is 19.7 Å². The molecule has 2 aliphatic rings. The van der Waals surface area contributed by atoms with Gasteiger partial charge in [0.05, 0.1) is 11.5 Å². The second kappa shape index (κ2) is 6.30. The molecule has 1 amide bonds. The van der Waals surface area contributed by atoms with E-state index in [2.05, 4.69) is 10.3 Å². The minimum Gasteiger partial charge on any atom is -0.462 e. The Morgan fingerprint density at radius 1 is 1.30 bits per heavy atom. The SMILES string of the molecule is CCOC(=O)C1=C(N)Oc2[nH]c(=O)[nH]c(=O)c2C12C(=O)Nc1ccc([N+](=O)[O-])cc12. The van der Waals surface area contributed by atoms with Gasteiger partial charge in [-0.3, -0.25) is 29.7 Å². The van der Waals surface area contributed by atoms with Crippen LogP contribution in [0.3, 0.4) is 0 Å². The zero-order valence-corrected chi connectivity index (χ0v) is 15.2. The van der Waals surface area contributed by atoms with E-state index in [-0.39, 0.29) is 17.9 Å². The predicted octanol–water partition coefficient (Wildman–Crippen LogP) is -0.665. The van der Waals surface area contributed by atoms with Crippen molar-refractivity contribution in [1.82, 2.24) is 9.97 Å². The predicted molar refractivity (Wildman–Crippen MR) is 98.7 cm³/mol. The third kappa shape index (κ3) is 2.35. The first kappa shape index (κ1) is 18.9. The van der Waals surface area contributed by atoms with E-state index in [4.69, 9.17) is 15.2 Å². The van der Waals surface area contributed by atoms with Gasteiger partial charge in [-0.1, -0.05) is 0 Å². The van der Waals surface area contributed by atoms with E-state index in [1.54, 1.807) is 0 Å². The van der Waals surface area contributed by atoms with Gasteiger partial charge in [0.25, 0.3) is 11.2 Å². The summed E-state index contributed by atoms with van der Waals surface area (Å²) in [4.78, 5) is 65.4. The van der Waals surface area contributed by atoms with E-state index < -0.39 is 62.1 Å². The van der Waals surface area contributed by atoms with Gasteiger partial charge in [0, 0.05) is 23.4 Å². The number of carbonyl (C=O) groups is 2. The third-order valence-electron chi connectivity index (χ3n) is 4.80. The number of nitrogens with one attached hydrogen (secondary N) is 3. The lowest BCUT2D eigenvalue weighted by molar-refractivity contribution is -0.384. The van der Waals surface area contributed by atoms with Crippen molar-refractivity contribution in [2.75, 3.05) is 11.9 Å². The van der Waals surface area contributed by atoms with Gasteiger partial charge in [-0.15, -0.1) is 0 Å². The zero-order chi connectivity index (χ0) is 21.8. The highest BCUT2D eigenvalue weighted by molar-refractivity contribution is 6.17. The molecule has 0 saturated carbocycles. The summed E-state index contributed by atoms with van der Waals surface area (Å²) >= 11 is 0. The van der Waals surface area contributed by atoms with Crippen LogP contribution >= 0.6 is 0 Å². The maximum absolute atomic E-state index is 13.3. The van der Waals surface area contributed by atoms with Gasteiger partial charge in [-0.25, -0.2) is 9.59 Å². The number of hydrogen-bond acceptors (Lipinski definition) is 9. The second-order valence-electron chi connectivity index (χ2n) is 6.37. The van der Waals surface area contributed by atoms with Crippen molar-refractivity contribution in [1.29, 1.82) is 0 Å². The number of nitro benzene ring substituents is 1. The van der Waals surface area contributed by atoms with Gasteiger partial charge in [-0.2, -0.15) is 0 Å². The largest absolute Gasteiger partial charge is 0.462 e. The molecule has 0 aliphatic carbocycles. The number of hydrogen-bond donors (Lipinski definition) is 4. The van der Waals surface area contributed by atoms with Gasteiger partial charge in [-0.05, 0) is 13.0 Å². The smallest absolute Gasteiger partial charge is 0.341 e. The molecular formula is C17H13N5O8. The molecule has 1 aromatic carbocycles. The standard InChI is InChI=1S/C17H13N5O8/c1-2-29-14(24)9-11(18)30-13-10(12(23)20-16(26)21-13)17(9)7-5-6(22(27)28)3-4-8(7)19-15(17)25/h3-5H,2,18H2,1H3,(H,19,25)(H2,20,21,23,26). The van der Waals surface area contributed by atoms with Crippen LogP contribution in [0.2, 0.25) is 0 Å². The molecule has 1 spiro atoms. The summed E-state index contributed by atoms with van der Waals surface area (Å²) in [6.07, 6.45) is 0. The number of aromatic nitrogens is 2. The summed E-state index contributed by atoms with van der Waals surface area (Å²) in [7, 11) is 0. The third-order valence-corrected chi connectivity index (χ3v) is 4.80. The normalized spacial score (nSPS) is 19.0. The Hall–Kier alpha value is -4.42. The number of nitrogens with zero attached hydrogens (tertiary/aromatic N) is 1. The lowest BCUT2D eigenvalue weighted by atomic mass is 9.69. The Labute approximate surface area is 165 Å². The number of H-pyrrole nitrogens is 2. The molecule has 154 valence electrons. The highest BCUT2D eigenvalue weighted by Crippen LogP contribution is 2.52. The van der Waals surface area contributed by atoms with Gasteiger partial charge < -0.3 is 20.5 Å². The average Bonchev–Trinajstić information content (AvgIpc) is 2.93. The van der Waals surface area contributed by atoms with Crippen molar-refractivity contribution in [3.8, 4) is 5.88 Å². The number of ether oxygens (including phenoxy) is 2. The first-order chi connectivity index (χ1) is 14.2. The monoisotopic (exact) mass is 415 g/mol. The molecule has 0 radical (unpaired) electrons. The van der Waals surface area contributed by atoms with Crippen molar-refractivity contribution in [3.05, 3.63) is 71.7 Å². The summed E-state index contributed by atoms with van der Waals surface area (Å²) < 4.78 is 10.3. The molecule has 0 bridgehead atoms. The lowest BCUT2D eigenvalue weighted by Crippen LogP contribution is -2.50. The molecule has 1 unspecified atom stereocenters. The number of benzene rings is 1. The van der Waals surface area contributed by atoms with Crippen molar-refractivity contribution >= 4 is 23.3 Å². The highest BCUT2D eigenvalue weighted by atomic mass is 16.6. The minimum absolute atomic E-state index is 0.0881. The van der Waals surface area contributed by atoms with E-state index in [1.807, 2.05) is 4.98 Å². The Balaban J connectivity index is 2.18. The van der Waals surface area contributed by atoms with E-state index >= 15 is 0 Å². The number of esters is 1. The molecule has 2 aromatic rings. The second-order valence-corrected chi connectivity index (χ2v) is 6.37. The number of amides is 1. The number of aromatic amines is 2. The number of non-ortho nitro benzene ring substituents is 1. The number of anilines is 1. The number of nitrogens with two attached hydrogens (primary N) is 1. The molecule has 1 atom stereocenters. The molecule has 2 aliphatic heterocycles. The molecule has 4 rings (SSSR count). The molecule has 0 fully saturated rings. The molecular weight excluding hydrogens is 402 g/mol. The maximum Gasteiger partial charge on any atom is 0.341 e. The Morgan fingerprint density at radius 3 is 2.70 bits per heavy atom. The lowest BCUT2D eigenvalue weighted by Gasteiger charge is -2.33. The summed E-state index contributed by atoms with van der Waals surface area (Å²) in [5, 5.41) is 13.8. The van der Waals surface area contributed by atoms with Crippen LogP contribution in [0.15, 0.2) is 39.2 Å². The highest BCUT2D eigenvalue weighted by Gasteiger charge is 2.61. The molecule has 30 heavy (non-hydrogen) atoms. The fourth-order valence-electron chi connectivity index (χ4n) is 3.71. The minimum atomic E-state index is -2.25. The molecule has 5 N–H and O–H groups in total. The van der Waals surface area contributed by atoms with E-state index in [0.717, 1.165) is 12.1 Å². The molecule has 0 saturated heterocycles. The van der Waals surface area contributed by atoms with E-state index in [1.165, 1.54) is 13.0 Å². The van der Waals surface area contributed by atoms with Crippen molar-refractivity contribution in [2.24, 2.45) is 5.73 Å². The van der Waals surface area contributed by atoms with Gasteiger partial charge >= 0.3 is 11.7 Å². The fourth-order valence-corrected chi connectivity index (χ4v) is 3.71. The van der Waals surface area contributed by atoms with Crippen molar-refractivity contribution < 1.29 is 24.0 Å². The van der Waals surface area contributed by atoms with Crippen LogP contribution in [0.4, 0.5) is 11.4 Å². The molecule has 13 heteroatoms. The van der Waals surface area contributed by atoms with Crippen molar-refractivity contribution in [3.63, 3.8) is 0 Å². The van der Waals surface area contributed by atoms with Gasteiger partial charge in [0.1, 0.15) is 16.6 Å². The summed E-state index contributed by atoms with van der Waals surface area (Å²) in [6.45, 7) is 1.42. The quantitative estimate of drug-likeness (QED) is 0.285. The molecule has 3 heterocycles. The summed E-state index contributed by atoms with van der Waals surface area (Å²) in [6, 6.07) is 3.44. The first-order valence-corrected chi connectivity index (χ1v) is 8.54. The van der Waals surface area contributed by atoms with Crippen LogP contribution in [0.1, 0.15) is 18.1 Å². The van der Waals surface area contributed by atoms with Crippen LogP contribution < -0.4 is 27.0 Å². The van der Waals surface area contributed by atoms with Crippen LogP contribution in [0, 0.1) is 10.1 Å². The van der Waals surface area contributed by atoms with E-state index in [9.17, 15) is 29.3 Å². The number of carbonyl (C=O) groups excluding carboxylic acids is 2. The fraction of sp³-hybridized carbons (Fsp3) is 0.176. The van der Waals surface area contributed by atoms with Crippen LogP contribution in [0.25, 0.3) is 0 Å². The van der Waals surface area contributed by atoms with Crippen LogP contribution in [-0.4, -0.2) is 33.4 Å². The van der Waals surface area contributed by atoms with Crippen LogP contribution in [0.5, 0.6) is 5.88 Å². The number of nitro groups is 1.